The highest BCUT2D eigenvalue weighted by Crippen LogP contribution is 2.26. The predicted molar refractivity (Wildman–Crippen MR) is 105 cm³/mol. The minimum atomic E-state index is -0.355. The van der Waals surface area contributed by atoms with Crippen molar-refractivity contribution in [3.05, 3.63) is 69.7 Å². The summed E-state index contributed by atoms with van der Waals surface area (Å²) in [6.45, 7) is 3.88. The van der Waals surface area contributed by atoms with Crippen LogP contribution < -0.4 is 11.3 Å². The molecule has 1 saturated heterocycles. The highest BCUT2D eigenvalue weighted by atomic mass is 16.5. The summed E-state index contributed by atoms with van der Waals surface area (Å²) < 4.78 is 9.15. The molecule has 1 aliphatic rings. The van der Waals surface area contributed by atoms with Crippen LogP contribution in [0.5, 0.6) is 0 Å². The highest BCUT2D eigenvalue weighted by molar-refractivity contribution is 5.76. The molecule has 7 heteroatoms. The van der Waals surface area contributed by atoms with E-state index in [0.717, 1.165) is 48.7 Å². The molecule has 0 atom stereocenters. The molecule has 28 heavy (non-hydrogen) atoms. The summed E-state index contributed by atoms with van der Waals surface area (Å²) in [5.74, 6) is 0.913. The summed E-state index contributed by atoms with van der Waals surface area (Å²) in [6, 6.07) is 7.61. The fourth-order valence-corrected chi connectivity index (χ4v) is 3.82. The second-order valence-corrected chi connectivity index (χ2v) is 7.38. The summed E-state index contributed by atoms with van der Waals surface area (Å²) in [5.41, 5.74) is 8.52. The van der Waals surface area contributed by atoms with Crippen LogP contribution in [0.25, 0.3) is 5.52 Å². The Labute approximate surface area is 162 Å². The van der Waals surface area contributed by atoms with Gasteiger partial charge in [0.1, 0.15) is 11.3 Å². The number of hydrogen-bond acceptors (Lipinski definition) is 4. The number of primary amides is 1. The van der Waals surface area contributed by atoms with Gasteiger partial charge in [0, 0.05) is 31.0 Å². The average Bonchev–Trinajstić information content (AvgIpc) is 3.10. The van der Waals surface area contributed by atoms with Crippen LogP contribution in [-0.2, 0) is 22.5 Å². The molecule has 1 amide bonds. The van der Waals surface area contributed by atoms with Crippen molar-refractivity contribution in [1.29, 1.82) is 0 Å². The molecular formula is C21H24N4O3. The van der Waals surface area contributed by atoms with Gasteiger partial charge in [-0.05, 0) is 30.9 Å². The number of fused-ring (bicyclic) bond motifs is 1. The van der Waals surface area contributed by atoms with E-state index in [-0.39, 0.29) is 17.9 Å². The van der Waals surface area contributed by atoms with Gasteiger partial charge in [-0.15, -0.1) is 0 Å². The Morgan fingerprint density at radius 2 is 1.89 bits per heavy atom. The Morgan fingerprint density at radius 1 is 1.21 bits per heavy atom. The van der Waals surface area contributed by atoms with Gasteiger partial charge in [-0.3, -0.25) is 14.0 Å². The minimum absolute atomic E-state index is 0.0491. The first-order valence-corrected chi connectivity index (χ1v) is 9.54. The Kier molecular flexibility index (Phi) is 5.00. The maximum absolute atomic E-state index is 13.1. The lowest BCUT2D eigenvalue weighted by atomic mass is 10.00. The van der Waals surface area contributed by atoms with Crippen LogP contribution in [-0.4, -0.2) is 33.1 Å². The van der Waals surface area contributed by atoms with Gasteiger partial charge < -0.3 is 15.0 Å². The quantitative estimate of drug-likeness (QED) is 0.730. The van der Waals surface area contributed by atoms with Gasteiger partial charge in [0.15, 0.2) is 0 Å². The fraction of sp³-hybridized carbons (Fsp3) is 0.381. The number of nitrogens with two attached hydrogens (primary N) is 1. The molecule has 0 saturated carbocycles. The van der Waals surface area contributed by atoms with Crippen molar-refractivity contribution in [1.82, 2.24) is 14.0 Å². The summed E-state index contributed by atoms with van der Waals surface area (Å²) in [6.07, 6.45) is 5.75. The molecule has 1 fully saturated rings. The maximum atomic E-state index is 13.1. The van der Waals surface area contributed by atoms with E-state index in [1.165, 1.54) is 0 Å². The molecule has 0 unspecified atom stereocenters. The maximum Gasteiger partial charge on any atom is 0.276 e. The SMILES string of the molecule is Cc1cn2c(C3CCOCC3)ncc2c(=O)n1Cc1ccc(CC(N)=O)cc1. The summed E-state index contributed by atoms with van der Waals surface area (Å²) in [7, 11) is 0. The minimum Gasteiger partial charge on any atom is -0.381 e. The first-order chi connectivity index (χ1) is 13.5. The van der Waals surface area contributed by atoms with Crippen molar-refractivity contribution in [2.24, 2.45) is 5.73 Å². The van der Waals surface area contributed by atoms with Crippen LogP contribution in [0.2, 0.25) is 0 Å². The number of carbonyl (C=O) groups is 1. The molecule has 1 aliphatic heterocycles. The molecule has 3 heterocycles. The fourth-order valence-electron chi connectivity index (χ4n) is 3.82. The molecule has 2 N–H and O–H groups in total. The molecule has 2 aromatic heterocycles. The molecule has 0 spiro atoms. The third-order valence-corrected chi connectivity index (χ3v) is 5.36. The summed E-state index contributed by atoms with van der Waals surface area (Å²) in [4.78, 5) is 28.7. The number of aryl methyl sites for hydroxylation is 1. The van der Waals surface area contributed by atoms with Crippen molar-refractivity contribution in [2.75, 3.05) is 13.2 Å². The van der Waals surface area contributed by atoms with E-state index in [9.17, 15) is 9.59 Å². The monoisotopic (exact) mass is 380 g/mol. The number of hydrogen-bond donors (Lipinski definition) is 1. The number of benzene rings is 1. The van der Waals surface area contributed by atoms with Crippen molar-refractivity contribution in [3.8, 4) is 0 Å². The molecular weight excluding hydrogens is 356 g/mol. The predicted octanol–water partition coefficient (Wildman–Crippen LogP) is 1.77. The Balaban J connectivity index is 1.64. The standard InChI is InChI=1S/C21H24N4O3/c1-14-12-25-18(11-23-20(25)17-6-8-28-9-7-17)21(27)24(14)13-16-4-2-15(3-5-16)10-19(22)26/h2-5,11-12,17H,6-10,13H2,1H3,(H2,22,26). The van der Waals surface area contributed by atoms with Gasteiger partial charge in [0.25, 0.3) is 5.56 Å². The lowest BCUT2D eigenvalue weighted by Crippen LogP contribution is -2.25. The molecule has 7 nitrogen and oxygen atoms in total. The van der Waals surface area contributed by atoms with Crippen molar-refractivity contribution < 1.29 is 9.53 Å². The van der Waals surface area contributed by atoms with E-state index in [4.69, 9.17) is 10.5 Å². The number of amides is 1. The first kappa shape index (κ1) is 18.4. The van der Waals surface area contributed by atoms with Gasteiger partial charge in [-0.1, -0.05) is 24.3 Å². The van der Waals surface area contributed by atoms with Gasteiger partial charge in [-0.2, -0.15) is 0 Å². The van der Waals surface area contributed by atoms with Crippen molar-refractivity contribution in [2.45, 2.75) is 38.6 Å². The van der Waals surface area contributed by atoms with Crippen molar-refractivity contribution >= 4 is 11.4 Å². The van der Waals surface area contributed by atoms with Crippen LogP contribution in [0, 0.1) is 6.92 Å². The van der Waals surface area contributed by atoms with Crippen LogP contribution in [0.3, 0.4) is 0 Å². The number of rotatable bonds is 5. The summed E-state index contributed by atoms with van der Waals surface area (Å²) in [5, 5.41) is 0. The lowest BCUT2D eigenvalue weighted by molar-refractivity contribution is -0.117. The summed E-state index contributed by atoms with van der Waals surface area (Å²) >= 11 is 0. The second kappa shape index (κ2) is 7.59. The largest absolute Gasteiger partial charge is 0.381 e. The van der Waals surface area contributed by atoms with Crippen molar-refractivity contribution in [3.63, 3.8) is 0 Å². The second-order valence-electron chi connectivity index (χ2n) is 7.38. The van der Waals surface area contributed by atoms with Crippen LogP contribution >= 0.6 is 0 Å². The van der Waals surface area contributed by atoms with Crippen LogP contribution in [0.15, 0.2) is 41.5 Å². The zero-order valence-corrected chi connectivity index (χ0v) is 15.9. The smallest absolute Gasteiger partial charge is 0.276 e. The molecule has 3 aromatic rings. The number of imidazole rings is 1. The molecule has 0 bridgehead atoms. The van der Waals surface area contributed by atoms with E-state index >= 15 is 0 Å². The van der Waals surface area contributed by atoms with E-state index in [1.54, 1.807) is 10.8 Å². The van der Waals surface area contributed by atoms with Gasteiger partial charge in [-0.25, -0.2) is 4.98 Å². The normalized spacial score (nSPS) is 15.2. The Morgan fingerprint density at radius 3 is 2.57 bits per heavy atom. The Bertz CT molecular complexity index is 1060. The van der Waals surface area contributed by atoms with Gasteiger partial charge >= 0.3 is 0 Å². The zero-order chi connectivity index (χ0) is 19.7. The number of nitrogens with zero attached hydrogens (tertiary/aromatic N) is 3. The van der Waals surface area contributed by atoms with E-state index in [2.05, 4.69) is 4.98 Å². The Hall–Kier alpha value is -2.93. The number of carbonyl (C=O) groups excluding carboxylic acids is 1. The van der Waals surface area contributed by atoms with E-state index in [0.29, 0.717) is 18.0 Å². The van der Waals surface area contributed by atoms with Crippen LogP contribution in [0.4, 0.5) is 0 Å². The molecule has 0 aliphatic carbocycles. The molecule has 4 rings (SSSR count). The molecule has 146 valence electrons. The third kappa shape index (κ3) is 3.57. The first-order valence-electron chi connectivity index (χ1n) is 9.54. The number of ether oxygens (including phenoxy) is 1. The zero-order valence-electron chi connectivity index (χ0n) is 15.9. The van der Waals surface area contributed by atoms with Gasteiger partial charge in [0.05, 0.1) is 19.2 Å². The van der Waals surface area contributed by atoms with Crippen LogP contribution in [0.1, 0.15) is 41.4 Å². The third-order valence-electron chi connectivity index (χ3n) is 5.36. The topological polar surface area (TPSA) is 91.6 Å². The molecule has 1 aromatic carbocycles. The lowest BCUT2D eigenvalue weighted by Gasteiger charge is -2.21. The van der Waals surface area contributed by atoms with Gasteiger partial charge in [0.2, 0.25) is 5.91 Å². The number of aromatic nitrogens is 3. The van der Waals surface area contributed by atoms with E-state index < -0.39 is 0 Å². The van der Waals surface area contributed by atoms with E-state index in [1.807, 2.05) is 41.8 Å². The average molecular weight is 380 g/mol. The molecule has 0 radical (unpaired) electrons. The highest BCUT2D eigenvalue weighted by Gasteiger charge is 2.22.